The third-order valence-corrected chi connectivity index (χ3v) is 2.66. The van der Waals surface area contributed by atoms with Gasteiger partial charge in [0.15, 0.2) is 0 Å². The van der Waals surface area contributed by atoms with Crippen molar-refractivity contribution in [2.45, 2.75) is 39.0 Å². The zero-order chi connectivity index (χ0) is 15.7. The first-order valence-corrected chi connectivity index (χ1v) is 6.81. The molecule has 7 heteroatoms. The first-order valence-electron chi connectivity index (χ1n) is 6.81. The number of hydrogen-bond acceptors (Lipinski definition) is 2. The summed E-state index contributed by atoms with van der Waals surface area (Å²) in [7, 11) is 0. The van der Waals surface area contributed by atoms with Crippen LogP contribution in [0.15, 0.2) is 24.3 Å². The molecule has 1 aromatic carbocycles. The summed E-state index contributed by atoms with van der Waals surface area (Å²) in [6.45, 7) is 2.67. The lowest BCUT2D eigenvalue weighted by atomic mass is 10.2. The van der Waals surface area contributed by atoms with Crippen molar-refractivity contribution in [3.05, 3.63) is 24.3 Å². The third-order valence-electron chi connectivity index (χ3n) is 2.66. The molecule has 1 aromatic rings. The Morgan fingerprint density at radius 3 is 2.38 bits per heavy atom. The molecule has 0 saturated carbocycles. The summed E-state index contributed by atoms with van der Waals surface area (Å²) >= 11 is 0. The zero-order valence-corrected chi connectivity index (χ0v) is 11.8. The molecule has 0 saturated heterocycles. The number of hydrogen-bond donors (Lipinski definition) is 2. The van der Waals surface area contributed by atoms with Crippen molar-refractivity contribution < 1.29 is 22.7 Å². The van der Waals surface area contributed by atoms with Crippen LogP contribution in [0.3, 0.4) is 0 Å². The average Bonchev–Trinajstić information content (AvgIpc) is 2.39. The van der Waals surface area contributed by atoms with Crippen LogP contribution >= 0.6 is 0 Å². The SMILES string of the molecule is CCCCCCNC(=O)Nc1ccc(OC(F)(F)F)cc1. The minimum Gasteiger partial charge on any atom is -0.406 e. The van der Waals surface area contributed by atoms with E-state index in [2.05, 4.69) is 22.3 Å². The zero-order valence-electron chi connectivity index (χ0n) is 11.8. The molecule has 0 heterocycles. The predicted octanol–water partition coefficient (Wildman–Crippen LogP) is 4.29. The maximum Gasteiger partial charge on any atom is 0.573 e. The van der Waals surface area contributed by atoms with Gasteiger partial charge < -0.3 is 15.4 Å². The number of rotatable bonds is 7. The molecule has 2 amide bonds. The number of benzene rings is 1. The molecular weight excluding hydrogens is 285 g/mol. The number of amides is 2. The summed E-state index contributed by atoms with van der Waals surface area (Å²) in [5.41, 5.74) is 0.399. The predicted molar refractivity (Wildman–Crippen MR) is 74.3 cm³/mol. The van der Waals surface area contributed by atoms with Crippen molar-refractivity contribution in [3.63, 3.8) is 0 Å². The van der Waals surface area contributed by atoms with Gasteiger partial charge in [0.2, 0.25) is 0 Å². The summed E-state index contributed by atoms with van der Waals surface area (Å²) in [5.74, 6) is -0.326. The first-order chi connectivity index (χ1) is 9.90. The average molecular weight is 304 g/mol. The molecule has 0 spiro atoms. The third kappa shape index (κ3) is 8.06. The standard InChI is InChI=1S/C14H19F3N2O2/c1-2-3-4-5-10-18-13(20)19-11-6-8-12(9-7-11)21-14(15,16)17/h6-9H,2-5,10H2,1H3,(H2,18,19,20). The summed E-state index contributed by atoms with van der Waals surface area (Å²) in [6, 6.07) is 4.60. The number of ether oxygens (including phenoxy) is 1. The van der Waals surface area contributed by atoms with Crippen molar-refractivity contribution in [1.29, 1.82) is 0 Å². The van der Waals surface area contributed by atoms with Crippen molar-refractivity contribution in [3.8, 4) is 5.75 Å². The Morgan fingerprint density at radius 2 is 1.81 bits per heavy atom. The Balaban J connectivity index is 2.33. The Kier molecular flexibility index (Phi) is 6.84. The van der Waals surface area contributed by atoms with Crippen LogP contribution in [-0.4, -0.2) is 18.9 Å². The topological polar surface area (TPSA) is 50.4 Å². The second-order valence-corrected chi connectivity index (χ2v) is 4.51. The van der Waals surface area contributed by atoms with Gasteiger partial charge in [-0.05, 0) is 30.7 Å². The summed E-state index contributed by atoms with van der Waals surface area (Å²) in [5, 5.41) is 5.22. The second-order valence-electron chi connectivity index (χ2n) is 4.51. The molecule has 118 valence electrons. The number of alkyl halides is 3. The van der Waals surface area contributed by atoms with E-state index in [4.69, 9.17) is 0 Å². The van der Waals surface area contributed by atoms with Gasteiger partial charge in [-0.15, -0.1) is 13.2 Å². The fourth-order valence-electron chi connectivity index (χ4n) is 1.67. The van der Waals surface area contributed by atoms with Gasteiger partial charge in [-0.1, -0.05) is 26.2 Å². The number of urea groups is 1. The highest BCUT2D eigenvalue weighted by molar-refractivity contribution is 5.89. The maximum absolute atomic E-state index is 12.0. The number of anilines is 1. The molecule has 0 atom stereocenters. The van der Waals surface area contributed by atoms with Gasteiger partial charge in [0, 0.05) is 12.2 Å². The monoisotopic (exact) mass is 304 g/mol. The lowest BCUT2D eigenvalue weighted by Gasteiger charge is -2.10. The van der Waals surface area contributed by atoms with E-state index in [1.54, 1.807) is 0 Å². The highest BCUT2D eigenvalue weighted by Crippen LogP contribution is 2.23. The van der Waals surface area contributed by atoms with Crippen LogP contribution in [0.25, 0.3) is 0 Å². The highest BCUT2D eigenvalue weighted by Gasteiger charge is 2.30. The van der Waals surface area contributed by atoms with Crippen molar-refractivity contribution in [2.75, 3.05) is 11.9 Å². The quantitative estimate of drug-likeness (QED) is 0.738. The van der Waals surface area contributed by atoms with E-state index < -0.39 is 6.36 Å². The Hall–Kier alpha value is -1.92. The van der Waals surface area contributed by atoms with E-state index in [0.29, 0.717) is 12.2 Å². The van der Waals surface area contributed by atoms with Crippen molar-refractivity contribution in [1.82, 2.24) is 5.32 Å². The van der Waals surface area contributed by atoms with E-state index in [-0.39, 0.29) is 11.8 Å². The van der Waals surface area contributed by atoms with Gasteiger partial charge in [0.25, 0.3) is 0 Å². The molecular formula is C14H19F3N2O2. The molecule has 0 bridgehead atoms. The van der Waals surface area contributed by atoms with Gasteiger partial charge >= 0.3 is 12.4 Å². The molecule has 4 nitrogen and oxygen atoms in total. The molecule has 0 radical (unpaired) electrons. The Labute approximate surface area is 121 Å². The van der Waals surface area contributed by atoms with Crippen LogP contribution < -0.4 is 15.4 Å². The molecule has 21 heavy (non-hydrogen) atoms. The number of carbonyl (C=O) groups excluding carboxylic acids is 1. The number of halogens is 3. The van der Waals surface area contributed by atoms with Crippen LogP contribution in [0.4, 0.5) is 23.7 Å². The van der Waals surface area contributed by atoms with Crippen LogP contribution in [-0.2, 0) is 0 Å². The van der Waals surface area contributed by atoms with E-state index in [1.807, 2.05) is 0 Å². The van der Waals surface area contributed by atoms with E-state index in [0.717, 1.165) is 37.8 Å². The second kappa shape index (κ2) is 8.39. The Bertz CT molecular complexity index is 433. The van der Waals surface area contributed by atoms with Crippen LogP contribution in [0.5, 0.6) is 5.75 Å². The van der Waals surface area contributed by atoms with Gasteiger partial charge in [0.05, 0.1) is 0 Å². The fraction of sp³-hybridized carbons (Fsp3) is 0.500. The lowest BCUT2D eigenvalue weighted by Crippen LogP contribution is -2.29. The Morgan fingerprint density at radius 1 is 1.14 bits per heavy atom. The number of unbranched alkanes of at least 4 members (excludes halogenated alkanes) is 3. The summed E-state index contributed by atoms with van der Waals surface area (Å²) in [6.07, 6.45) is -0.507. The largest absolute Gasteiger partial charge is 0.573 e. The number of carbonyl (C=O) groups is 1. The molecule has 1 rings (SSSR count). The molecule has 0 aromatic heterocycles. The van der Waals surface area contributed by atoms with Crippen LogP contribution in [0.2, 0.25) is 0 Å². The smallest absolute Gasteiger partial charge is 0.406 e. The number of nitrogens with one attached hydrogen (secondary N) is 2. The van der Waals surface area contributed by atoms with E-state index in [9.17, 15) is 18.0 Å². The summed E-state index contributed by atoms with van der Waals surface area (Å²) in [4.78, 5) is 11.5. The van der Waals surface area contributed by atoms with Crippen LogP contribution in [0.1, 0.15) is 32.6 Å². The van der Waals surface area contributed by atoms with Gasteiger partial charge in [-0.25, -0.2) is 4.79 Å². The summed E-state index contributed by atoms with van der Waals surface area (Å²) < 4.78 is 39.7. The minimum absolute atomic E-state index is 0.326. The molecule has 0 fully saturated rings. The lowest BCUT2D eigenvalue weighted by molar-refractivity contribution is -0.274. The van der Waals surface area contributed by atoms with Crippen molar-refractivity contribution in [2.24, 2.45) is 0 Å². The first kappa shape index (κ1) is 17.1. The van der Waals surface area contributed by atoms with Gasteiger partial charge in [0.1, 0.15) is 5.75 Å². The fourth-order valence-corrected chi connectivity index (χ4v) is 1.67. The molecule has 0 aliphatic rings. The maximum atomic E-state index is 12.0. The highest BCUT2D eigenvalue weighted by atomic mass is 19.4. The molecule has 0 aliphatic heterocycles. The van der Waals surface area contributed by atoms with Crippen LogP contribution in [0, 0.1) is 0 Å². The van der Waals surface area contributed by atoms with E-state index in [1.165, 1.54) is 12.1 Å². The van der Waals surface area contributed by atoms with Gasteiger partial charge in [-0.2, -0.15) is 0 Å². The molecule has 0 unspecified atom stereocenters. The minimum atomic E-state index is -4.72. The van der Waals surface area contributed by atoms with E-state index >= 15 is 0 Å². The molecule has 0 aliphatic carbocycles. The van der Waals surface area contributed by atoms with Crippen molar-refractivity contribution >= 4 is 11.7 Å². The van der Waals surface area contributed by atoms with Gasteiger partial charge in [-0.3, -0.25) is 0 Å². The normalized spacial score (nSPS) is 11.0. The molecule has 2 N–H and O–H groups in total.